The first-order chi connectivity index (χ1) is 8.58. The zero-order valence-corrected chi connectivity index (χ0v) is 11.5. The lowest BCUT2D eigenvalue weighted by Gasteiger charge is -2.20. The summed E-state index contributed by atoms with van der Waals surface area (Å²) < 4.78 is 0. The Labute approximate surface area is 112 Å². The standard InChI is InChI=1S/C14H19NO2S/c1-9(16)10(2)18-13-8-7-11-5-3-4-6-12(11)15-14(13)17/h3-6,9-10,13,16H,7-8H2,1-2H3,(H,15,17). The van der Waals surface area contributed by atoms with Gasteiger partial charge in [-0.15, -0.1) is 11.8 Å². The molecule has 3 unspecified atom stereocenters. The fourth-order valence-electron chi connectivity index (χ4n) is 1.99. The lowest BCUT2D eigenvalue weighted by atomic mass is 10.1. The molecule has 1 amide bonds. The molecule has 2 N–H and O–H groups in total. The topological polar surface area (TPSA) is 49.3 Å². The molecule has 1 aromatic rings. The molecule has 0 saturated heterocycles. The van der Waals surface area contributed by atoms with E-state index in [-0.39, 0.29) is 16.4 Å². The third-order valence-corrected chi connectivity index (χ3v) is 4.90. The van der Waals surface area contributed by atoms with Gasteiger partial charge >= 0.3 is 0 Å². The third-order valence-electron chi connectivity index (χ3n) is 3.30. The smallest absolute Gasteiger partial charge is 0.237 e. The van der Waals surface area contributed by atoms with Crippen LogP contribution in [0.1, 0.15) is 25.8 Å². The number of hydrogen-bond donors (Lipinski definition) is 2. The zero-order valence-electron chi connectivity index (χ0n) is 10.7. The summed E-state index contributed by atoms with van der Waals surface area (Å²) in [5.74, 6) is 0.0532. The monoisotopic (exact) mass is 265 g/mol. The molecule has 1 heterocycles. The Morgan fingerprint density at radius 3 is 2.83 bits per heavy atom. The van der Waals surface area contributed by atoms with Crippen LogP contribution in [0.15, 0.2) is 24.3 Å². The molecule has 0 saturated carbocycles. The van der Waals surface area contributed by atoms with Crippen LogP contribution >= 0.6 is 11.8 Å². The number of amides is 1. The summed E-state index contributed by atoms with van der Waals surface area (Å²) >= 11 is 1.56. The maximum absolute atomic E-state index is 12.1. The van der Waals surface area contributed by atoms with Crippen molar-refractivity contribution in [2.24, 2.45) is 0 Å². The van der Waals surface area contributed by atoms with Gasteiger partial charge in [0.25, 0.3) is 0 Å². The average Bonchev–Trinajstić information content (AvgIpc) is 2.49. The number of rotatable bonds is 3. The number of carbonyl (C=O) groups is 1. The van der Waals surface area contributed by atoms with E-state index in [1.807, 2.05) is 25.1 Å². The van der Waals surface area contributed by atoms with Gasteiger partial charge in [0.1, 0.15) is 0 Å². The number of para-hydroxylation sites is 1. The van der Waals surface area contributed by atoms with Crippen molar-refractivity contribution in [2.75, 3.05) is 5.32 Å². The number of anilines is 1. The number of nitrogens with one attached hydrogen (secondary N) is 1. The van der Waals surface area contributed by atoms with Crippen LogP contribution in [0.4, 0.5) is 5.69 Å². The van der Waals surface area contributed by atoms with Crippen LogP contribution in [0.3, 0.4) is 0 Å². The number of benzene rings is 1. The summed E-state index contributed by atoms with van der Waals surface area (Å²) in [4.78, 5) is 12.1. The summed E-state index contributed by atoms with van der Waals surface area (Å²) in [6, 6.07) is 7.93. The quantitative estimate of drug-likeness (QED) is 0.882. The number of aliphatic hydroxyl groups excluding tert-OH is 1. The maximum Gasteiger partial charge on any atom is 0.237 e. The molecular formula is C14H19NO2S. The fraction of sp³-hybridized carbons (Fsp3) is 0.500. The van der Waals surface area contributed by atoms with Crippen LogP contribution in [0, 0.1) is 0 Å². The predicted octanol–water partition coefficient (Wildman–Crippen LogP) is 2.44. The zero-order chi connectivity index (χ0) is 13.1. The maximum atomic E-state index is 12.1. The molecule has 2 rings (SSSR count). The van der Waals surface area contributed by atoms with Crippen LogP contribution in [-0.4, -0.2) is 27.6 Å². The first kappa shape index (κ1) is 13.4. The van der Waals surface area contributed by atoms with Crippen LogP contribution in [0.2, 0.25) is 0 Å². The number of fused-ring (bicyclic) bond motifs is 1. The van der Waals surface area contributed by atoms with E-state index in [2.05, 4.69) is 11.4 Å². The average molecular weight is 265 g/mol. The molecule has 0 aromatic heterocycles. The number of thioether (sulfide) groups is 1. The number of aliphatic hydroxyl groups is 1. The van der Waals surface area contributed by atoms with E-state index in [0.29, 0.717) is 0 Å². The number of carbonyl (C=O) groups excluding carboxylic acids is 1. The van der Waals surface area contributed by atoms with Crippen LogP contribution < -0.4 is 5.32 Å². The SMILES string of the molecule is CC(O)C(C)SC1CCc2ccccc2NC1=O. The molecule has 0 spiro atoms. The highest BCUT2D eigenvalue weighted by atomic mass is 32.2. The summed E-state index contributed by atoms with van der Waals surface area (Å²) in [7, 11) is 0. The van der Waals surface area contributed by atoms with Crippen molar-refractivity contribution in [3.8, 4) is 0 Å². The second kappa shape index (κ2) is 5.76. The summed E-state index contributed by atoms with van der Waals surface area (Å²) in [5, 5.41) is 12.5. The Morgan fingerprint density at radius 2 is 2.11 bits per heavy atom. The van der Waals surface area contributed by atoms with Gasteiger partial charge in [-0.2, -0.15) is 0 Å². The fourth-order valence-corrected chi connectivity index (χ4v) is 3.18. The number of aryl methyl sites for hydroxylation is 1. The van der Waals surface area contributed by atoms with Crippen LogP contribution in [0.25, 0.3) is 0 Å². The minimum atomic E-state index is -0.395. The Bertz CT molecular complexity index is 434. The van der Waals surface area contributed by atoms with Gasteiger partial charge in [0.2, 0.25) is 5.91 Å². The normalized spacial score (nSPS) is 22.6. The molecular weight excluding hydrogens is 246 g/mol. The first-order valence-corrected chi connectivity index (χ1v) is 7.24. The number of hydrogen-bond acceptors (Lipinski definition) is 3. The predicted molar refractivity (Wildman–Crippen MR) is 75.9 cm³/mol. The van der Waals surface area contributed by atoms with Crippen molar-refractivity contribution in [3.05, 3.63) is 29.8 Å². The van der Waals surface area contributed by atoms with Gasteiger partial charge in [-0.1, -0.05) is 25.1 Å². The molecule has 3 atom stereocenters. The minimum Gasteiger partial charge on any atom is -0.392 e. The second-order valence-electron chi connectivity index (χ2n) is 4.76. The Hall–Kier alpha value is -1.00. The molecule has 1 aromatic carbocycles. The lowest BCUT2D eigenvalue weighted by molar-refractivity contribution is -0.115. The summed E-state index contributed by atoms with van der Waals surface area (Å²) in [6.45, 7) is 3.72. The van der Waals surface area contributed by atoms with Gasteiger partial charge < -0.3 is 10.4 Å². The Morgan fingerprint density at radius 1 is 1.39 bits per heavy atom. The third kappa shape index (κ3) is 3.06. The van der Waals surface area contributed by atoms with Gasteiger partial charge in [0.15, 0.2) is 0 Å². The first-order valence-electron chi connectivity index (χ1n) is 6.30. The van der Waals surface area contributed by atoms with Gasteiger partial charge in [0, 0.05) is 10.9 Å². The van der Waals surface area contributed by atoms with Crippen molar-refractivity contribution in [1.82, 2.24) is 0 Å². The molecule has 0 radical (unpaired) electrons. The van der Waals surface area contributed by atoms with Crippen molar-refractivity contribution in [3.63, 3.8) is 0 Å². The van der Waals surface area contributed by atoms with Gasteiger partial charge in [-0.3, -0.25) is 4.79 Å². The summed E-state index contributed by atoms with van der Waals surface area (Å²) in [5.41, 5.74) is 2.12. The molecule has 1 aliphatic heterocycles. The second-order valence-corrected chi connectivity index (χ2v) is 6.34. The highest BCUT2D eigenvalue weighted by Gasteiger charge is 2.26. The van der Waals surface area contributed by atoms with E-state index in [1.54, 1.807) is 18.7 Å². The van der Waals surface area contributed by atoms with Crippen molar-refractivity contribution < 1.29 is 9.90 Å². The van der Waals surface area contributed by atoms with Gasteiger partial charge in [0.05, 0.1) is 11.4 Å². The van der Waals surface area contributed by atoms with Crippen molar-refractivity contribution >= 4 is 23.4 Å². The molecule has 0 aliphatic carbocycles. The van der Waals surface area contributed by atoms with Crippen molar-refractivity contribution in [2.45, 2.75) is 43.3 Å². The molecule has 98 valence electrons. The van der Waals surface area contributed by atoms with Crippen LogP contribution in [-0.2, 0) is 11.2 Å². The minimum absolute atomic E-state index is 0.0532. The largest absolute Gasteiger partial charge is 0.392 e. The molecule has 0 fully saturated rings. The van der Waals surface area contributed by atoms with E-state index in [4.69, 9.17) is 0 Å². The Balaban J connectivity index is 2.08. The van der Waals surface area contributed by atoms with E-state index in [0.717, 1.165) is 18.5 Å². The summed E-state index contributed by atoms with van der Waals surface area (Å²) in [6.07, 6.45) is 1.33. The molecule has 3 nitrogen and oxygen atoms in total. The van der Waals surface area contributed by atoms with Crippen molar-refractivity contribution in [1.29, 1.82) is 0 Å². The van der Waals surface area contributed by atoms with Crippen LogP contribution in [0.5, 0.6) is 0 Å². The van der Waals surface area contributed by atoms with Gasteiger partial charge in [-0.25, -0.2) is 0 Å². The molecule has 1 aliphatic rings. The highest BCUT2D eigenvalue weighted by Crippen LogP contribution is 2.30. The Kier molecular flexibility index (Phi) is 4.30. The van der Waals surface area contributed by atoms with E-state index >= 15 is 0 Å². The highest BCUT2D eigenvalue weighted by molar-refractivity contribution is 8.01. The van der Waals surface area contributed by atoms with E-state index in [9.17, 15) is 9.90 Å². The molecule has 18 heavy (non-hydrogen) atoms. The molecule has 0 bridgehead atoms. The molecule has 4 heteroatoms. The lowest BCUT2D eigenvalue weighted by Crippen LogP contribution is -2.28. The van der Waals surface area contributed by atoms with Gasteiger partial charge in [-0.05, 0) is 31.4 Å². The van der Waals surface area contributed by atoms with E-state index in [1.165, 1.54) is 5.56 Å². The van der Waals surface area contributed by atoms with E-state index < -0.39 is 6.10 Å².